The second-order valence-electron chi connectivity index (χ2n) is 7.39. The van der Waals surface area contributed by atoms with Gasteiger partial charge in [-0.25, -0.2) is 13.1 Å². The van der Waals surface area contributed by atoms with Crippen LogP contribution < -0.4 is 10.0 Å². The van der Waals surface area contributed by atoms with Crippen LogP contribution in [0.25, 0.3) is 0 Å². The van der Waals surface area contributed by atoms with Crippen molar-refractivity contribution < 1.29 is 17.6 Å². The topological polar surface area (TPSA) is 91.6 Å². The third kappa shape index (κ3) is 6.16. The molecule has 3 rings (SSSR count). The summed E-state index contributed by atoms with van der Waals surface area (Å²) in [6.07, 6.45) is 6.18. The first-order valence-corrected chi connectivity index (χ1v) is 11.6. The minimum Gasteiger partial charge on any atom is -0.468 e. The molecular formula is C21H29N3O4S. The molecule has 1 saturated heterocycles. The highest BCUT2D eigenvalue weighted by Crippen LogP contribution is 2.16. The van der Waals surface area contributed by atoms with E-state index in [1.165, 1.54) is 37.7 Å². The Hall–Kier alpha value is -2.16. The van der Waals surface area contributed by atoms with E-state index >= 15 is 0 Å². The molecule has 1 aromatic heterocycles. The van der Waals surface area contributed by atoms with E-state index in [0.29, 0.717) is 17.9 Å². The molecule has 0 bridgehead atoms. The summed E-state index contributed by atoms with van der Waals surface area (Å²) in [5, 5.41) is 2.92. The molecule has 2 N–H and O–H groups in total. The Kier molecular flexibility index (Phi) is 7.46. The van der Waals surface area contributed by atoms with Gasteiger partial charge in [0.1, 0.15) is 5.76 Å². The van der Waals surface area contributed by atoms with Crippen molar-refractivity contribution in [1.29, 1.82) is 0 Å². The quantitative estimate of drug-likeness (QED) is 0.610. The van der Waals surface area contributed by atoms with Crippen molar-refractivity contribution in [3.05, 3.63) is 53.5 Å². The summed E-state index contributed by atoms with van der Waals surface area (Å²) in [5.41, 5.74) is 1.12. The Morgan fingerprint density at radius 1 is 1.17 bits per heavy atom. The molecule has 0 unspecified atom stereocenters. The van der Waals surface area contributed by atoms with Gasteiger partial charge in [-0.05, 0) is 75.6 Å². The van der Waals surface area contributed by atoms with Crippen LogP contribution in [0.3, 0.4) is 0 Å². The van der Waals surface area contributed by atoms with E-state index in [0.717, 1.165) is 31.6 Å². The van der Waals surface area contributed by atoms with E-state index < -0.39 is 10.0 Å². The van der Waals surface area contributed by atoms with Gasteiger partial charge in [0, 0.05) is 12.1 Å². The molecule has 1 aromatic carbocycles. The number of benzene rings is 1. The van der Waals surface area contributed by atoms with Gasteiger partial charge in [0.05, 0.1) is 17.7 Å². The second-order valence-corrected chi connectivity index (χ2v) is 9.16. The van der Waals surface area contributed by atoms with Gasteiger partial charge >= 0.3 is 0 Å². The molecule has 2 aromatic rings. The number of likely N-dealkylation sites (tertiary alicyclic amines) is 1. The molecule has 0 spiro atoms. The zero-order valence-corrected chi connectivity index (χ0v) is 17.6. The fraction of sp³-hybridized carbons (Fsp3) is 0.476. The number of nitrogens with zero attached hydrogens (tertiary/aromatic N) is 1. The number of hydrogen-bond donors (Lipinski definition) is 2. The summed E-state index contributed by atoms with van der Waals surface area (Å²) in [7, 11) is -3.75. The molecule has 0 radical (unpaired) electrons. The number of rotatable bonds is 9. The number of hydrogen-bond acceptors (Lipinski definition) is 5. The lowest BCUT2D eigenvalue weighted by molar-refractivity contribution is 0.0950. The van der Waals surface area contributed by atoms with Crippen molar-refractivity contribution in [2.24, 2.45) is 0 Å². The molecule has 7 nitrogen and oxygen atoms in total. The van der Waals surface area contributed by atoms with E-state index in [1.54, 1.807) is 25.1 Å². The fourth-order valence-corrected chi connectivity index (χ4v) is 4.48. The largest absolute Gasteiger partial charge is 0.468 e. The lowest BCUT2D eigenvalue weighted by atomic mass is 10.1. The van der Waals surface area contributed by atoms with E-state index in [9.17, 15) is 13.2 Å². The first-order valence-electron chi connectivity index (χ1n) is 10.1. The average Bonchev–Trinajstić information content (AvgIpc) is 3.24. The van der Waals surface area contributed by atoms with Crippen molar-refractivity contribution in [3.8, 4) is 0 Å². The van der Waals surface area contributed by atoms with Gasteiger partial charge < -0.3 is 14.6 Å². The van der Waals surface area contributed by atoms with Crippen LogP contribution in [0.2, 0.25) is 0 Å². The van der Waals surface area contributed by atoms with Gasteiger partial charge in [-0.1, -0.05) is 12.5 Å². The molecule has 2 heterocycles. The summed E-state index contributed by atoms with van der Waals surface area (Å²) in [6.45, 7) is 5.68. The number of furan rings is 1. The first-order chi connectivity index (χ1) is 14.0. The van der Waals surface area contributed by atoms with Crippen molar-refractivity contribution in [2.75, 3.05) is 26.2 Å². The molecule has 0 atom stereocenters. The SMILES string of the molecule is Cc1ccc(S(=O)(=O)NCc2ccco2)cc1C(=O)NCCCN1CCCCC1. The van der Waals surface area contributed by atoms with Crippen LogP contribution in [0.15, 0.2) is 45.9 Å². The number of piperidine rings is 1. The smallest absolute Gasteiger partial charge is 0.251 e. The summed E-state index contributed by atoms with van der Waals surface area (Å²) < 4.78 is 32.8. The number of carbonyl (C=O) groups excluding carboxylic acids is 1. The maximum atomic E-state index is 12.6. The first kappa shape index (κ1) is 21.5. The molecule has 0 saturated carbocycles. The number of amides is 1. The highest BCUT2D eigenvalue weighted by Gasteiger charge is 2.18. The lowest BCUT2D eigenvalue weighted by Gasteiger charge is -2.26. The normalized spacial score (nSPS) is 15.3. The van der Waals surface area contributed by atoms with Crippen molar-refractivity contribution in [2.45, 2.75) is 44.0 Å². The van der Waals surface area contributed by atoms with Crippen molar-refractivity contribution in [1.82, 2.24) is 14.9 Å². The molecular weight excluding hydrogens is 390 g/mol. The average molecular weight is 420 g/mol. The minimum atomic E-state index is -3.75. The second kappa shape index (κ2) is 10.0. The van der Waals surface area contributed by atoms with Crippen LogP contribution in [0.4, 0.5) is 0 Å². The Morgan fingerprint density at radius 2 is 1.97 bits per heavy atom. The summed E-state index contributed by atoms with van der Waals surface area (Å²) >= 11 is 0. The van der Waals surface area contributed by atoms with Gasteiger partial charge in [-0.3, -0.25) is 4.79 Å². The molecule has 1 aliphatic rings. The number of nitrogens with one attached hydrogen (secondary N) is 2. The standard InChI is InChI=1S/C21H29N3O4S/c1-17-8-9-19(29(26,27)23-16-18-7-5-14-28-18)15-20(17)21(25)22-10-6-13-24-11-3-2-4-12-24/h5,7-9,14-15,23H,2-4,6,10-13,16H2,1H3,(H,22,25). The summed E-state index contributed by atoms with van der Waals surface area (Å²) in [6, 6.07) is 7.99. The Balaban J connectivity index is 1.56. The summed E-state index contributed by atoms with van der Waals surface area (Å²) in [5.74, 6) is 0.275. The Morgan fingerprint density at radius 3 is 2.69 bits per heavy atom. The number of sulfonamides is 1. The Bertz CT molecular complexity index is 904. The molecule has 8 heteroatoms. The minimum absolute atomic E-state index is 0.0568. The molecule has 1 fully saturated rings. The summed E-state index contributed by atoms with van der Waals surface area (Å²) in [4.78, 5) is 15.1. The zero-order chi connectivity index (χ0) is 20.7. The van der Waals surface area contributed by atoms with Crippen molar-refractivity contribution >= 4 is 15.9 Å². The van der Waals surface area contributed by atoms with Gasteiger partial charge in [0.25, 0.3) is 5.91 Å². The third-order valence-electron chi connectivity index (χ3n) is 5.17. The predicted molar refractivity (Wildman–Crippen MR) is 111 cm³/mol. The maximum absolute atomic E-state index is 12.6. The van der Waals surface area contributed by atoms with Crippen molar-refractivity contribution in [3.63, 3.8) is 0 Å². The highest BCUT2D eigenvalue weighted by molar-refractivity contribution is 7.89. The van der Waals surface area contributed by atoms with E-state index in [-0.39, 0.29) is 17.3 Å². The van der Waals surface area contributed by atoms with Gasteiger partial charge in [-0.15, -0.1) is 0 Å². The number of aryl methyl sites for hydroxylation is 1. The predicted octanol–water partition coefficient (Wildman–Crippen LogP) is 2.67. The monoisotopic (exact) mass is 419 g/mol. The third-order valence-corrected chi connectivity index (χ3v) is 6.56. The molecule has 0 aliphatic carbocycles. The van der Waals surface area contributed by atoms with Crippen LogP contribution >= 0.6 is 0 Å². The van der Waals surface area contributed by atoms with Crippen LogP contribution in [0.1, 0.15) is 47.4 Å². The number of carbonyl (C=O) groups is 1. The van der Waals surface area contributed by atoms with E-state index in [2.05, 4.69) is 14.9 Å². The van der Waals surface area contributed by atoms with Gasteiger partial charge in [0.15, 0.2) is 0 Å². The van der Waals surface area contributed by atoms with Crippen LogP contribution in [0.5, 0.6) is 0 Å². The van der Waals surface area contributed by atoms with Crippen LogP contribution in [0, 0.1) is 6.92 Å². The fourth-order valence-electron chi connectivity index (χ4n) is 3.46. The van der Waals surface area contributed by atoms with Gasteiger partial charge in [-0.2, -0.15) is 0 Å². The van der Waals surface area contributed by atoms with Gasteiger partial charge in [0.2, 0.25) is 10.0 Å². The molecule has 29 heavy (non-hydrogen) atoms. The Labute approximate surface area is 172 Å². The molecule has 158 valence electrons. The van der Waals surface area contributed by atoms with Crippen LogP contribution in [-0.2, 0) is 16.6 Å². The highest BCUT2D eigenvalue weighted by atomic mass is 32.2. The van der Waals surface area contributed by atoms with E-state index in [4.69, 9.17) is 4.42 Å². The van der Waals surface area contributed by atoms with E-state index in [1.807, 2.05) is 0 Å². The zero-order valence-electron chi connectivity index (χ0n) is 16.8. The maximum Gasteiger partial charge on any atom is 0.251 e. The lowest BCUT2D eigenvalue weighted by Crippen LogP contribution is -2.33. The molecule has 1 amide bonds. The molecule has 1 aliphatic heterocycles. The van der Waals surface area contributed by atoms with Crippen LogP contribution in [-0.4, -0.2) is 45.4 Å².